The van der Waals surface area contributed by atoms with E-state index >= 15 is 0 Å². The SMILES string of the molecule is O=C1/C(=C/c2ccco2)N=C(N2CCCCC2)N1c1ccccc1. The maximum atomic E-state index is 13.0. The fourth-order valence-corrected chi connectivity index (χ4v) is 3.13. The maximum Gasteiger partial charge on any atom is 0.284 e. The van der Waals surface area contributed by atoms with E-state index in [0.717, 1.165) is 37.6 Å². The summed E-state index contributed by atoms with van der Waals surface area (Å²) in [4.78, 5) is 21.5. The van der Waals surface area contributed by atoms with E-state index in [4.69, 9.17) is 4.42 Å². The molecule has 24 heavy (non-hydrogen) atoms. The zero-order valence-electron chi connectivity index (χ0n) is 13.4. The molecular formula is C19H19N3O2. The van der Waals surface area contributed by atoms with Crippen LogP contribution in [-0.4, -0.2) is 29.9 Å². The largest absolute Gasteiger partial charge is 0.465 e. The van der Waals surface area contributed by atoms with E-state index < -0.39 is 0 Å². The summed E-state index contributed by atoms with van der Waals surface area (Å²) >= 11 is 0. The number of likely N-dealkylation sites (tertiary alicyclic amines) is 1. The highest BCUT2D eigenvalue weighted by molar-refractivity contribution is 6.28. The monoisotopic (exact) mass is 321 g/mol. The number of guanidine groups is 1. The maximum absolute atomic E-state index is 13.0. The Balaban J connectivity index is 1.74. The molecule has 0 N–H and O–H groups in total. The lowest BCUT2D eigenvalue weighted by molar-refractivity contribution is -0.113. The van der Waals surface area contributed by atoms with Gasteiger partial charge in [-0.05, 0) is 43.5 Å². The number of hydrogen-bond acceptors (Lipinski definition) is 4. The van der Waals surface area contributed by atoms with E-state index in [-0.39, 0.29) is 5.91 Å². The van der Waals surface area contributed by atoms with Crippen LogP contribution < -0.4 is 4.90 Å². The molecule has 0 unspecified atom stereocenters. The molecule has 1 aromatic carbocycles. The molecule has 2 aromatic rings. The summed E-state index contributed by atoms with van der Waals surface area (Å²) in [7, 11) is 0. The highest BCUT2D eigenvalue weighted by atomic mass is 16.3. The van der Waals surface area contributed by atoms with Crippen LogP contribution in [0.25, 0.3) is 6.08 Å². The molecule has 0 saturated carbocycles. The zero-order valence-corrected chi connectivity index (χ0v) is 13.4. The number of anilines is 1. The normalized spacial score (nSPS) is 19.9. The van der Waals surface area contributed by atoms with E-state index in [1.165, 1.54) is 6.42 Å². The summed E-state index contributed by atoms with van der Waals surface area (Å²) in [6.07, 6.45) is 6.80. The van der Waals surface area contributed by atoms with Crippen LogP contribution in [0, 0.1) is 0 Å². The lowest BCUT2D eigenvalue weighted by atomic mass is 10.1. The number of para-hydroxylation sites is 1. The van der Waals surface area contributed by atoms with Crippen LogP contribution >= 0.6 is 0 Å². The van der Waals surface area contributed by atoms with Gasteiger partial charge >= 0.3 is 0 Å². The number of furan rings is 1. The van der Waals surface area contributed by atoms with E-state index in [2.05, 4.69) is 9.89 Å². The third-order valence-corrected chi connectivity index (χ3v) is 4.32. The van der Waals surface area contributed by atoms with Crippen molar-refractivity contribution in [1.82, 2.24) is 4.90 Å². The zero-order chi connectivity index (χ0) is 16.4. The highest BCUT2D eigenvalue weighted by Crippen LogP contribution is 2.27. The Hall–Kier alpha value is -2.82. The third-order valence-electron chi connectivity index (χ3n) is 4.32. The minimum Gasteiger partial charge on any atom is -0.465 e. The molecule has 3 heterocycles. The summed E-state index contributed by atoms with van der Waals surface area (Å²) in [6, 6.07) is 13.3. The minimum absolute atomic E-state index is 0.113. The number of benzene rings is 1. The second-order valence-electron chi connectivity index (χ2n) is 5.98. The summed E-state index contributed by atoms with van der Waals surface area (Å²) < 4.78 is 5.34. The molecule has 0 aliphatic carbocycles. The van der Waals surface area contributed by atoms with Gasteiger partial charge in [-0.1, -0.05) is 18.2 Å². The topological polar surface area (TPSA) is 49.1 Å². The minimum atomic E-state index is -0.113. The van der Waals surface area contributed by atoms with Crippen molar-refractivity contribution >= 4 is 23.6 Å². The van der Waals surface area contributed by atoms with Gasteiger partial charge in [-0.2, -0.15) is 0 Å². The van der Waals surface area contributed by atoms with E-state index in [0.29, 0.717) is 11.5 Å². The summed E-state index contributed by atoms with van der Waals surface area (Å²) in [5, 5.41) is 0. The second-order valence-corrected chi connectivity index (χ2v) is 5.98. The van der Waals surface area contributed by atoms with Crippen LogP contribution in [0.5, 0.6) is 0 Å². The quantitative estimate of drug-likeness (QED) is 0.795. The number of aliphatic imine (C=N–C) groups is 1. The molecule has 4 rings (SSSR count). The van der Waals surface area contributed by atoms with Gasteiger partial charge < -0.3 is 9.32 Å². The Morgan fingerprint density at radius 3 is 2.50 bits per heavy atom. The summed E-state index contributed by atoms with van der Waals surface area (Å²) in [5.74, 6) is 1.25. The average molecular weight is 321 g/mol. The molecule has 2 aliphatic rings. The number of carbonyl (C=O) groups is 1. The Morgan fingerprint density at radius 2 is 1.79 bits per heavy atom. The lowest BCUT2D eigenvalue weighted by Crippen LogP contribution is -2.46. The molecule has 1 fully saturated rings. The van der Waals surface area contributed by atoms with Crippen LogP contribution in [0.4, 0.5) is 5.69 Å². The number of amides is 1. The first-order chi connectivity index (χ1) is 11.8. The Kier molecular flexibility index (Phi) is 3.91. The van der Waals surface area contributed by atoms with Crippen molar-refractivity contribution < 1.29 is 9.21 Å². The van der Waals surface area contributed by atoms with Gasteiger partial charge in [0, 0.05) is 19.2 Å². The molecule has 1 saturated heterocycles. The number of carbonyl (C=O) groups excluding carboxylic acids is 1. The first-order valence-electron chi connectivity index (χ1n) is 8.31. The molecule has 1 amide bonds. The average Bonchev–Trinajstić information content (AvgIpc) is 3.25. The number of rotatable bonds is 2. The Labute approximate surface area is 140 Å². The van der Waals surface area contributed by atoms with Crippen molar-refractivity contribution in [2.75, 3.05) is 18.0 Å². The highest BCUT2D eigenvalue weighted by Gasteiger charge is 2.35. The first-order valence-corrected chi connectivity index (χ1v) is 8.31. The number of hydrogen-bond donors (Lipinski definition) is 0. The van der Waals surface area contributed by atoms with Gasteiger partial charge in [0.05, 0.1) is 12.0 Å². The van der Waals surface area contributed by atoms with Crippen molar-refractivity contribution in [2.24, 2.45) is 4.99 Å². The molecule has 1 aromatic heterocycles. The van der Waals surface area contributed by atoms with Gasteiger partial charge in [-0.25, -0.2) is 9.89 Å². The van der Waals surface area contributed by atoms with Crippen molar-refractivity contribution in [1.29, 1.82) is 0 Å². The van der Waals surface area contributed by atoms with E-state index in [1.54, 1.807) is 23.3 Å². The van der Waals surface area contributed by atoms with Crippen molar-refractivity contribution in [3.8, 4) is 0 Å². The van der Waals surface area contributed by atoms with Gasteiger partial charge in [0.2, 0.25) is 5.96 Å². The summed E-state index contributed by atoms with van der Waals surface area (Å²) in [6.45, 7) is 1.87. The van der Waals surface area contributed by atoms with Crippen molar-refractivity contribution in [2.45, 2.75) is 19.3 Å². The fourth-order valence-electron chi connectivity index (χ4n) is 3.13. The van der Waals surface area contributed by atoms with Gasteiger partial charge in [-0.3, -0.25) is 4.79 Å². The fraction of sp³-hybridized carbons (Fsp3) is 0.263. The van der Waals surface area contributed by atoms with Gasteiger partial charge in [0.1, 0.15) is 11.5 Å². The lowest BCUT2D eigenvalue weighted by Gasteiger charge is -2.32. The molecule has 0 atom stereocenters. The molecule has 0 spiro atoms. The molecule has 122 valence electrons. The van der Waals surface area contributed by atoms with Crippen LogP contribution in [0.2, 0.25) is 0 Å². The molecule has 5 heteroatoms. The van der Waals surface area contributed by atoms with Crippen LogP contribution in [0.1, 0.15) is 25.0 Å². The smallest absolute Gasteiger partial charge is 0.284 e. The Morgan fingerprint density at radius 1 is 1.00 bits per heavy atom. The van der Waals surface area contributed by atoms with E-state index in [9.17, 15) is 4.79 Å². The van der Waals surface area contributed by atoms with E-state index in [1.807, 2.05) is 36.4 Å². The predicted molar refractivity (Wildman–Crippen MR) is 93.5 cm³/mol. The van der Waals surface area contributed by atoms with Crippen LogP contribution in [0.3, 0.4) is 0 Å². The third kappa shape index (κ3) is 2.73. The van der Waals surface area contributed by atoms with Crippen molar-refractivity contribution in [3.05, 3.63) is 60.2 Å². The van der Waals surface area contributed by atoms with Gasteiger partial charge in [0.15, 0.2) is 0 Å². The number of piperidine rings is 1. The molecule has 0 radical (unpaired) electrons. The molecule has 0 bridgehead atoms. The number of nitrogens with zero attached hydrogens (tertiary/aromatic N) is 3. The van der Waals surface area contributed by atoms with Gasteiger partial charge in [0.25, 0.3) is 5.91 Å². The first kappa shape index (κ1) is 14.8. The van der Waals surface area contributed by atoms with Crippen LogP contribution in [0.15, 0.2) is 63.8 Å². The standard InChI is InChI=1S/C19H19N3O2/c23-18-17(14-16-10-7-13-24-16)20-19(21-11-5-2-6-12-21)22(18)15-8-3-1-4-9-15/h1,3-4,7-10,13-14H,2,5-6,11-12H2/b17-14-. The predicted octanol–water partition coefficient (Wildman–Crippen LogP) is 3.51. The van der Waals surface area contributed by atoms with Crippen LogP contribution in [-0.2, 0) is 4.79 Å². The Bertz CT molecular complexity index is 772. The van der Waals surface area contributed by atoms with Gasteiger partial charge in [-0.15, -0.1) is 0 Å². The summed E-state index contributed by atoms with van der Waals surface area (Å²) in [5.41, 5.74) is 1.25. The molecular weight excluding hydrogens is 302 g/mol. The molecule has 5 nitrogen and oxygen atoms in total. The second kappa shape index (κ2) is 6.35. The van der Waals surface area contributed by atoms with Crippen molar-refractivity contribution in [3.63, 3.8) is 0 Å². The molecule has 2 aliphatic heterocycles.